The van der Waals surface area contributed by atoms with Crippen LogP contribution < -0.4 is 10.2 Å². The molecule has 0 atom stereocenters. The molecule has 0 aliphatic heterocycles. The summed E-state index contributed by atoms with van der Waals surface area (Å²) in [4.78, 5) is 26.3. The zero-order chi connectivity index (χ0) is 20.5. The van der Waals surface area contributed by atoms with Gasteiger partial charge in [0.25, 0.3) is 5.91 Å². The number of furan rings is 1. The minimum absolute atomic E-state index is 0.137. The lowest BCUT2D eigenvalue weighted by Crippen LogP contribution is -2.35. The van der Waals surface area contributed by atoms with Crippen LogP contribution >= 0.6 is 0 Å². The van der Waals surface area contributed by atoms with Gasteiger partial charge in [0.2, 0.25) is 0 Å². The molecule has 0 fully saturated rings. The first-order valence-electron chi connectivity index (χ1n) is 8.94. The number of hydrogen-bond acceptors (Lipinski definition) is 6. The van der Waals surface area contributed by atoms with Crippen LogP contribution in [-0.2, 0) is 16.1 Å². The fourth-order valence-electron chi connectivity index (χ4n) is 2.70. The number of nitrogens with zero attached hydrogens (tertiary/aromatic N) is 2. The van der Waals surface area contributed by atoms with Crippen molar-refractivity contribution in [3.63, 3.8) is 0 Å². The van der Waals surface area contributed by atoms with Crippen molar-refractivity contribution in [3.05, 3.63) is 84.3 Å². The number of ether oxygens (including phenoxy) is 1. The molecule has 2 aromatic carbocycles. The Bertz CT molecular complexity index is 994. The normalized spacial score (nSPS) is 10.0. The van der Waals surface area contributed by atoms with Crippen molar-refractivity contribution < 1.29 is 18.7 Å². The molecule has 0 aliphatic carbocycles. The highest BCUT2D eigenvalue weighted by Crippen LogP contribution is 2.18. The van der Waals surface area contributed by atoms with Crippen LogP contribution in [0.25, 0.3) is 0 Å². The highest BCUT2D eigenvalue weighted by atomic mass is 16.5. The minimum atomic E-state index is -0.633. The number of benzene rings is 2. The topological polar surface area (TPSA) is 95.6 Å². The van der Waals surface area contributed by atoms with E-state index in [-0.39, 0.29) is 6.54 Å². The van der Waals surface area contributed by atoms with Crippen molar-refractivity contribution in [3.8, 4) is 6.07 Å². The molecule has 7 heteroatoms. The molecule has 0 aliphatic rings. The van der Waals surface area contributed by atoms with Gasteiger partial charge in [-0.1, -0.05) is 30.3 Å². The van der Waals surface area contributed by atoms with Crippen LogP contribution in [0.1, 0.15) is 16.1 Å². The largest absolute Gasteiger partial charge is 0.467 e. The first kappa shape index (κ1) is 19.7. The van der Waals surface area contributed by atoms with Crippen molar-refractivity contribution in [1.29, 1.82) is 5.26 Å². The third kappa shape index (κ3) is 5.23. The Labute approximate surface area is 168 Å². The van der Waals surface area contributed by atoms with Crippen molar-refractivity contribution in [2.24, 2.45) is 0 Å². The highest BCUT2D eigenvalue weighted by Gasteiger charge is 2.19. The smallest absolute Gasteiger partial charge is 0.340 e. The van der Waals surface area contributed by atoms with E-state index in [9.17, 15) is 9.59 Å². The van der Waals surface area contributed by atoms with E-state index in [0.717, 1.165) is 5.76 Å². The summed E-state index contributed by atoms with van der Waals surface area (Å²) < 4.78 is 10.5. The first-order valence-corrected chi connectivity index (χ1v) is 8.94. The van der Waals surface area contributed by atoms with Crippen molar-refractivity contribution >= 4 is 23.3 Å². The van der Waals surface area contributed by atoms with Gasteiger partial charge >= 0.3 is 5.97 Å². The van der Waals surface area contributed by atoms with E-state index < -0.39 is 18.5 Å². The summed E-state index contributed by atoms with van der Waals surface area (Å²) in [5.74, 6) is -0.392. The van der Waals surface area contributed by atoms with E-state index in [0.29, 0.717) is 23.5 Å². The molecular formula is C22H19N3O4. The number of anilines is 2. The number of esters is 1. The van der Waals surface area contributed by atoms with E-state index in [2.05, 4.69) is 5.32 Å². The highest BCUT2D eigenvalue weighted by molar-refractivity contribution is 5.99. The van der Waals surface area contributed by atoms with Crippen LogP contribution in [0.3, 0.4) is 0 Å². The third-order valence-corrected chi connectivity index (χ3v) is 4.10. The van der Waals surface area contributed by atoms with Crippen LogP contribution in [-0.4, -0.2) is 25.0 Å². The van der Waals surface area contributed by atoms with Gasteiger partial charge in [-0.3, -0.25) is 9.69 Å². The molecule has 1 aromatic heterocycles. The molecule has 0 saturated heterocycles. The van der Waals surface area contributed by atoms with E-state index in [4.69, 9.17) is 14.4 Å². The lowest BCUT2D eigenvalue weighted by Gasteiger charge is -2.19. The van der Waals surface area contributed by atoms with Gasteiger partial charge in [-0.2, -0.15) is 5.26 Å². The van der Waals surface area contributed by atoms with E-state index in [1.165, 1.54) is 4.90 Å². The van der Waals surface area contributed by atoms with Crippen LogP contribution in [0, 0.1) is 11.3 Å². The zero-order valence-electron chi connectivity index (χ0n) is 15.6. The number of nitriles is 1. The fourth-order valence-corrected chi connectivity index (χ4v) is 2.70. The van der Waals surface area contributed by atoms with Gasteiger partial charge in [-0.15, -0.1) is 0 Å². The summed E-state index contributed by atoms with van der Waals surface area (Å²) >= 11 is 0. The number of hydrogen-bond donors (Lipinski definition) is 1. The third-order valence-electron chi connectivity index (χ3n) is 4.10. The Morgan fingerprint density at radius 2 is 1.79 bits per heavy atom. The first-order chi connectivity index (χ1) is 14.2. The molecule has 0 unspecified atom stereocenters. The molecule has 3 aromatic rings. The van der Waals surface area contributed by atoms with Gasteiger partial charge in [0.05, 0.1) is 24.4 Å². The number of nitrogens with one attached hydrogen (secondary N) is 1. The zero-order valence-corrected chi connectivity index (χ0v) is 15.6. The van der Waals surface area contributed by atoms with Gasteiger partial charge in [0.1, 0.15) is 12.3 Å². The molecule has 1 heterocycles. The maximum atomic E-state index is 12.5. The van der Waals surface area contributed by atoms with E-state index >= 15 is 0 Å². The van der Waals surface area contributed by atoms with Gasteiger partial charge < -0.3 is 14.5 Å². The van der Waals surface area contributed by atoms with Crippen LogP contribution in [0.2, 0.25) is 0 Å². The standard InChI is InChI=1S/C22H19N3O4/c23-12-13-25(17-7-2-1-3-8-17)21(26)16-29-22(27)19-10-4-5-11-20(19)24-15-18-9-6-14-28-18/h1-11,14,24H,13,15-16H2. The Hall–Kier alpha value is -4.05. The predicted octanol–water partition coefficient (Wildman–Crippen LogP) is 3.61. The molecule has 0 spiro atoms. The molecular weight excluding hydrogens is 370 g/mol. The average molecular weight is 389 g/mol. The average Bonchev–Trinajstić information content (AvgIpc) is 3.28. The fraction of sp³-hybridized carbons (Fsp3) is 0.136. The number of amides is 1. The summed E-state index contributed by atoms with van der Waals surface area (Å²) in [6.45, 7) is -0.205. The number of rotatable bonds is 8. The Morgan fingerprint density at radius 1 is 1.03 bits per heavy atom. The lowest BCUT2D eigenvalue weighted by atomic mass is 10.2. The van der Waals surface area contributed by atoms with Crippen LogP contribution in [0.4, 0.5) is 11.4 Å². The molecule has 1 N–H and O–H groups in total. The van der Waals surface area contributed by atoms with E-state index in [1.54, 1.807) is 60.9 Å². The molecule has 1 amide bonds. The SMILES string of the molecule is N#CCN(C(=O)COC(=O)c1ccccc1NCc1ccco1)c1ccccc1. The molecule has 29 heavy (non-hydrogen) atoms. The summed E-state index contributed by atoms with van der Waals surface area (Å²) in [6.07, 6.45) is 1.57. The Balaban J connectivity index is 1.64. The summed E-state index contributed by atoms with van der Waals surface area (Å²) in [5, 5.41) is 12.1. The van der Waals surface area contributed by atoms with Crippen molar-refractivity contribution in [1.82, 2.24) is 0 Å². The second kappa shape index (κ2) is 9.76. The monoisotopic (exact) mass is 389 g/mol. The van der Waals surface area contributed by atoms with Crippen molar-refractivity contribution in [2.45, 2.75) is 6.54 Å². The number of para-hydroxylation sites is 2. The predicted molar refractivity (Wildman–Crippen MR) is 107 cm³/mol. The van der Waals surface area contributed by atoms with Crippen LogP contribution in [0.5, 0.6) is 0 Å². The van der Waals surface area contributed by atoms with E-state index in [1.807, 2.05) is 18.2 Å². The second-order valence-electron chi connectivity index (χ2n) is 6.03. The maximum Gasteiger partial charge on any atom is 0.340 e. The van der Waals surface area contributed by atoms with Gasteiger partial charge in [0, 0.05) is 11.4 Å². The molecule has 3 rings (SSSR count). The number of carbonyl (C=O) groups excluding carboxylic acids is 2. The second-order valence-corrected chi connectivity index (χ2v) is 6.03. The van der Waals surface area contributed by atoms with Crippen LogP contribution in [0.15, 0.2) is 77.4 Å². The maximum absolute atomic E-state index is 12.5. The van der Waals surface area contributed by atoms with Gasteiger partial charge in [-0.25, -0.2) is 4.79 Å². The van der Waals surface area contributed by atoms with Gasteiger partial charge in [-0.05, 0) is 36.4 Å². The molecule has 0 radical (unpaired) electrons. The molecule has 0 bridgehead atoms. The van der Waals surface area contributed by atoms with Crippen molar-refractivity contribution in [2.75, 3.05) is 23.4 Å². The number of carbonyl (C=O) groups is 2. The summed E-state index contributed by atoms with van der Waals surface area (Å²) in [7, 11) is 0. The summed E-state index contributed by atoms with van der Waals surface area (Å²) in [5.41, 5.74) is 1.44. The molecule has 7 nitrogen and oxygen atoms in total. The molecule has 0 saturated carbocycles. The lowest BCUT2D eigenvalue weighted by molar-refractivity contribution is -0.121. The minimum Gasteiger partial charge on any atom is -0.467 e. The quantitative estimate of drug-likeness (QED) is 0.467. The summed E-state index contributed by atoms with van der Waals surface area (Å²) in [6, 6.07) is 21.2. The Kier molecular flexibility index (Phi) is 6.63. The Morgan fingerprint density at radius 3 is 2.52 bits per heavy atom. The molecule has 146 valence electrons. The van der Waals surface area contributed by atoms with Gasteiger partial charge in [0.15, 0.2) is 6.61 Å².